The number of likely N-dealkylation sites (N-methyl/N-ethyl adjacent to an activating group) is 1. The van der Waals surface area contributed by atoms with Gasteiger partial charge in [-0.2, -0.15) is 5.26 Å². The minimum atomic E-state index is -0.326. The molecule has 1 aliphatic rings. The Morgan fingerprint density at radius 3 is 2.43 bits per heavy atom. The maximum Gasteiger partial charge on any atom is 0.266 e. The fourth-order valence-corrected chi connectivity index (χ4v) is 2.56. The molecule has 0 aliphatic heterocycles. The third-order valence-electron chi connectivity index (χ3n) is 3.85. The third-order valence-corrected chi connectivity index (χ3v) is 3.85. The smallest absolute Gasteiger partial charge is 0.266 e. The zero-order valence-corrected chi connectivity index (χ0v) is 12.8. The van der Waals surface area contributed by atoms with Gasteiger partial charge in [-0.1, -0.05) is 19.3 Å². The highest BCUT2D eigenvalue weighted by Gasteiger charge is 2.25. The van der Waals surface area contributed by atoms with Crippen LogP contribution in [0.2, 0.25) is 0 Å². The molecular formula is C15H24N4O2. The van der Waals surface area contributed by atoms with E-state index in [0.717, 1.165) is 25.7 Å². The van der Waals surface area contributed by atoms with Crippen LogP contribution in [0.25, 0.3) is 0 Å². The number of nitrogens with zero attached hydrogens (tertiary/aromatic N) is 3. The van der Waals surface area contributed by atoms with Crippen molar-refractivity contribution >= 4 is 11.8 Å². The van der Waals surface area contributed by atoms with E-state index in [-0.39, 0.29) is 30.0 Å². The SMILES string of the molecule is CC(=O)N(/C=C(/C#N)C(=O)N(C)C1CCCCC1)CCN. The van der Waals surface area contributed by atoms with Gasteiger partial charge in [-0.15, -0.1) is 0 Å². The van der Waals surface area contributed by atoms with E-state index in [2.05, 4.69) is 0 Å². The average Bonchev–Trinajstić information content (AvgIpc) is 2.50. The van der Waals surface area contributed by atoms with Crippen molar-refractivity contribution in [3.05, 3.63) is 11.8 Å². The van der Waals surface area contributed by atoms with Gasteiger partial charge in [-0.25, -0.2) is 0 Å². The molecule has 0 spiro atoms. The van der Waals surface area contributed by atoms with E-state index in [1.807, 2.05) is 6.07 Å². The maximum absolute atomic E-state index is 12.4. The van der Waals surface area contributed by atoms with Crippen LogP contribution in [0.3, 0.4) is 0 Å². The molecule has 21 heavy (non-hydrogen) atoms. The molecule has 0 bridgehead atoms. The second-order valence-corrected chi connectivity index (χ2v) is 5.36. The molecule has 0 radical (unpaired) electrons. The summed E-state index contributed by atoms with van der Waals surface area (Å²) in [5.41, 5.74) is 5.41. The number of nitrogens with two attached hydrogens (primary N) is 1. The van der Waals surface area contributed by atoms with Crippen molar-refractivity contribution in [1.29, 1.82) is 5.26 Å². The molecule has 0 aromatic heterocycles. The fraction of sp³-hybridized carbons (Fsp3) is 0.667. The van der Waals surface area contributed by atoms with Gasteiger partial charge in [0.15, 0.2) is 0 Å². The Balaban J connectivity index is 2.84. The summed E-state index contributed by atoms with van der Waals surface area (Å²) in [4.78, 5) is 26.8. The van der Waals surface area contributed by atoms with E-state index < -0.39 is 0 Å². The summed E-state index contributed by atoms with van der Waals surface area (Å²) in [6, 6.07) is 2.08. The zero-order chi connectivity index (χ0) is 15.8. The summed E-state index contributed by atoms with van der Waals surface area (Å²) in [6.07, 6.45) is 6.69. The van der Waals surface area contributed by atoms with Gasteiger partial charge in [-0.05, 0) is 12.8 Å². The normalized spacial score (nSPS) is 16.2. The first-order valence-corrected chi connectivity index (χ1v) is 7.37. The summed E-state index contributed by atoms with van der Waals surface area (Å²) < 4.78 is 0. The highest BCUT2D eigenvalue weighted by molar-refractivity contribution is 5.97. The van der Waals surface area contributed by atoms with Gasteiger partial charge in [0, 0.05) is 39.3 Å². The second-order valence-electron chi connectivity index (χ2n) is 5.36. The summed E-state index contributed by atoms with van der Waals surface area (Å²) in [7, 11) is 1.73. The molecule has 0 aromatic rings. The molecular weight excluding hydrogens is 268 g/mol. The maximum atomic E-state index is 12.4. The van der Waals surface area contributed by atoms with Crippen LogP contribution < -0.4 is 5.73 Å². The van der Waals surface area contributed by atoms with Crippen molar-refractivity contribution < 1.29 is 9.59 Å². The molecule has 1 fully saturated rings. The highest BCUT2D eigenvalue weighted by Crippen LogP contribution is 2.22. The van der Waals surface area contributed by atoms with Gasteiger partial charge in [0.2, 0.25) is 5.91 Å². The van der Waals surface area contributed by atoms with Crippen LogP contribution in [0.15, 0.2) is 11.8 Å². The number of carbonyl (C=O) groups excluding carboxylic acids is 2. The molecule has 1 aliphatic carbocycles. The molecule has 6 heteroatoms. The third kappa shape index (κ3) is 4.87. The molecule has 116 valence electrons. The van der Waals surface area contributed by atoms with Gasteiger partial charge in [-0.3, -0.25) is 9.59 Å². The van der Waals surface area contributed by atoms with Crippen molar-refractivity contribution in [3.63, 3.8) is 0 Å². The van der Waals surface area contributed by atoms with Crippen LogP contribution in [0.5, 0.6) is 0 Å². The minimum Gasteiger partial charge on any atom is -0.338 e. The van der Waals surface area contributed by atoms with Crippen molar-refractivity contribution in [3.8, 4) is 6.07 Å². The van der Waals surface area contributed by atoms with Crippen LogP contribution >= 0.6 is 0 Å². The van der Waals surface area contributed by atoms with Gasteiger partial charge >= 0.3 is 0 Å². The van der Waals surface area contributed by atoms with Gasteiger partial charge in [0.1, 0.15) is 11.6 Å². The Morgan fingerprint density at radius 2 is 1.95 bits per heavy atom. The van der Waals surface area contributed by atoms with Crippen molar-refractivity contribution in [1.82, 2.24) is 9.80 Å². The molecule has 0 saturated heterocycles. The molecule has 1 rings (SSSR count). The lowest BCUT2D eigenvalue weighted by Gasteiger charge is -2.31. The Hall–Kier alpha value is -1.87. The Bertz CT molecular complexity index is 447. The molecule has 0 atom stereocenters. The molecule has 1 saturated carbocycles. The van der Waals surface area contributed by atoms with E-state index in [4.69, 9.17) is 5.73 Å². The van der Waals surface area contributed by atoms with Crippen LogP contribution in [-0.4, -0.2) is 47.8 Å². The van der Waals surface area contributed by atoms with E-state index in [1.54, 1.807) is 11.9 Å². The molecule has 2 N–H and O–H groups in total. The summed E-state index contributed by atoms with van der Waals surface area (Å²) in [5.74, 6) is -0.561. The number of rotatable bonds is 5. The lowest BCUT2D eigenvalue weighted by Crippen LogP contribution is -2.39. The van der Waals surface area contributed by atoms with Crippen molar-refractivity contribution in [2.75, 3.05) is 20.1 Å². The number of hydrogen-bond acceptors (Lipinski definition) is 4. The van der Waals surface area contributed by atoms with E-state index >= 15 is 0 Å². The van der Waals surface area contributed by atoms with Gasteiger partial charge in [0.05, 0.1) is 0 Å². The largest absolute Gasteiger partial charge is 0.338 e. The Morgan fingerprint density at radius 1 is 1.33 bits per heavy atom. The molecule has 0 heterocycles. The predicted octanol–water partition coefficient (Wildman–Crippen LogP) is 0.992. The number of carbonyl (C=O) groups is 2. The first-order valence-electron chi connectivity index (χ1n) is 7.37. The Kier molecular flexibility index (Phi) is 6.89. The Labute approximate surface area is 126 Å². The topological polar surface area (TPSA) is 90.4 Å². The minimum absolute atomic E-state index is 0.0216. The lowest BCUT2D eigenvalue weighted by atomic mass is 9.94. The van der Waals surface area contributed by atoms with Crippen LogP contribution in [0.1, 0.15) is 39.0 Å². The van der Waals surface area contributed by atoms with E-state index in [0.29, 0.717) is 6.54 Å². The summed E-state index contributed by atoms with van der Waals surface area (Å²) in [6.45, 7) is 1.96. The predicted molar refractivity (Wildman–Crippen MR) is 79.8 cm³/mol. The fourth-order valence-electron chi connectivity index (χ4n) is 2.56. The molecule has 0 aromatic carbocycles. The number of amides is 2. The van der Waals surface area contributed by atoms with Crippen LogP contribution in [0.4, 0.5) is 0 Å². The van der Waals surface area contributed by atoms with Crippen LogP contribution in [0, 0.1) is 11.3 Å². The monoisotopic (exact) mass is 292 g/mol. The van der Waals surface area contributed by atoms with E-state index in [9.17, 15) is 14.9 Å². The quantitative estimate of drug-likeness (QED) is 0.604. The zero-order valence-electron chi connectivity index (χ0n) is 12.8. The van der Waals surface area contributed by atoms with Crippen LogP contribution in [-0.2, 0) is 9.59 Å². The van der Waals surface area contributed by atoms with Gasteiger partial charge < -0.3 is 15.5 Å². The number of nitriles is 1. The first-order chi connectivity index (χ1) is 10.0. The molecule has 0 unspecified atom stereocenters. The van der Waals surface area contributed by atoms with Gasteiger partial charge in [0.25, 0.3) is 5.91 Å². The first kappa shape index (κ1) is 17.2. The van der Waals surface area contributed by atoms with E-state index in [1.165, 1.54) is 24.4 Å². The number of hydrogen-bond donors (Lipinski definition) is 1. The standard InChI is InChI=1S/C15H24N4O2/c1-12(20)19(9-8-16)11-13(10-17)15(21)18(2)14-6-4-3-5-7-14/h11,14H,3-9,16H2,1-2H3/b13-11-. The second kappa shape index (κ2) is 8.42. The van der Waals surface area contributed by atoms with Crippen molar-refractivity contribution in [2.45, 2.75) is 45.1 Å². The average molecular weight is 292 g/mol. The summed E-state index contributed by atoms with van der Waals surface area (Å²) in [5, 5.41) is 9.21. The lowest BCUT2D eigenvalue weighted by molar-refractivity contribution is -0.128. The highest BCUT2D eigenvalue weighted by atomic mass is 16.2. The molecule has 2 amide bonds. The van der Waals surface area contributed by atoms with Crippen molar-refractivity contribution in [2.24, 2.45) is 5.73 Å². The summed E-state index contributed by atoms with van der Waals surface area (Å²) >= 11 is 0. The molecule has 6 nitrogen and oxygen atoms in total.